The fourth-order valence-electron chi connectivity index (χ4n) is 0.800. The van der Waals surface area contributed by atoms with Crippen molar-refractivity contribution < 1.29 is 4.39 Å². The van der Waals surface area contributed by atoms with Crippen LogP contribution in [0.1, 0.15) is 0 Å². The average molecular weight is 179 g/mol. The van der Waals surface area contributed by atoms with E-state index in [1.54, 1.807) is 18.5 Å². The van der Waals surface area contributed by atoms with Crippen LogP contribution in [0.4, 0.5) is 4.39 Å². The van der Waals surface area contributed by atoms with E-state index >= 15 is 0 Å². The van der Waals surface area contributed by atoms with Crippen molar-refractivity contribution in [1.82, 2.24) is 9.78 Å². The Morgan fingerprint density at radius 2 is 2.31 bits per heavy atom. The van der Waals surface area contributed by atoms with Crippen LogP contribution in [0.15, 0.2) is 49.2 Å². The van der Waals surface area contributed by atoms with Gasteiger partial charge < -0.3 is 5.73 Å². The minimum atomic E-state index is -0.597. The summed E-state index contributed by atoms with van der Waals surface area (Å²) in [5.41, 5.74) is 5.67. The molecular weight excluding hydrogens is 169 g/mol. The van der Waals surface area contributed by atoms with Crippen molar-refractivity contribution in [2.24, 2.45) is 5.73 Å². The molecule has 0 aliphatic carbocycles. The fourth-order valence-corrected chi connectivity index (χ4v) is 0.800. The van der Waals surface area contributed by atoms with Crippen LogP contribution in [0.25, 0.3) is 5.70 Å². The van der Waals surface area contributed by atoms with Gasteiger partial charge in [-0.05, 0) is 12.1 Å². The van der Waals surface area contributed by atoms with Crippen LogP contribution in [-0.2, 0) is 0 Å². The molecular formula is C9H10FN3. The molecule has 1 aromatic rings. The zero-order valence-electron chi connectivity index (χ0n) is 7.07. The topological polar surface area (TPSA) is 43.8 Å². The first-order valence-corrected chi connectivity index (χ1v) is 3.63. The second-order valence-electron chi connectivity index (χ2n) is 2.36. The normalized spacial score (nSPS) is 12.1. The van der Waals surface area contributed by atoms with Gasteiger partial charge in [0, 0.05) is 12.4 Å². The van der Waals surface area contributed by atoms with Gasteiger partial charge in [-0.15, -0.1) is 0 Å². The molecule has 0 aliphatic rings. The SMILES string of the molecule is C=C/C(F)=C(/N)C(=C)n1cccn1. The molecule has 13 heavy (non-hydrogen) atoms. The number of aromatic nitrogens is 2. The van der Waals surface area contributed by atoms with Crippen molar-refractivity contribution in [3.05, 3.63) is 49.2 Å². The smallest absolute Gasteiger partial charge is 0.147 e. The number of hydrogen-bond donors (Lipinski definition) is 1. The van der Waals surface area contributed by atoms with Crippen molar-refractivity contribution in [3.63, 3.8) is 0 Å². The molecule has 0 aromatic carbocycles. The summed E-state index contributed by atoms with van der Waals surface area (Å²) >= 11 is 0. The maximum atomic E-state index is 12.9. The number of halogens is 1. The first kappa shape index (κ1) is 9.25. The van der Waals surface area contributed by atoms with E-state index in [1.165, 1.54) is 4.68 Å². The highest BCUT2D eigenvalue weighted by Crippen LogP contribution is 2.13. The molecule has 3 nitrogen and oxygen atoms in total. The predicted octanol–water partition coefficient (Wildman–Crippen LogP) is 1.68. The molecule has 1 heterocycles. The summed E-state index contributed by atoms with van der Waals surface area (Å²) in [5.74, 6) is -0.597. The van der Waals surface area contributed by atoms with Crippen LogP contribution in [0.5, 0.6) is 0 Å². The van der Waals surface area contributed by atoms with Crippen LogP contribution in [0.2, 0.25) is 0 Å². The molecule has 0 spiro atoms. The Hall–Kier alpha value is -1.84. The minimum absolute atomic E-state index is 0.0568. The highest BCUT2D eigenvalue weighted by Gasteiger charge is 2.05. The van der Waals surface area contributed by atoms with Gasteiger partial charge >= 0.3 is 0 Å². The van der Waals surface area contributed by atoms with E-state index in [9.17, 15) is 4.39 Å². The number of hydrogen-bond acceptors (Lipinski definition) is 2. The molecule has 4 heteroatoms. The lowest BCUT2D eigenvalue weighted by atomic mass is 10.3. The predicted molar refractivity (Wildman–Crippen MR) is 50.1 cm³/mol. The second kappa shape index (κ2) is 3.71. The highest BCUT2D eigenvalue weighted by molar-refractivity contribution is 5.61. The third-order valence-corrected chi connectivity index (χ3v) is 1.53. The first-order valence-electron chi connectivity index (χ1n) is 3.63. The Morgan fingerprint density at radius 3 is 2.77 bits per heavy atom. The van der Waals surface area contributed by atoms with Crippen LogP contribution in [-0.4, -0.2) is 9.78 Å². The molecule has 0 aliphatic heterocycles. The van der Waals surface area contributed by atoms with Crippen LogP contribution < -0.4 is 5.73 Å². The summed E-state index contributed by atoms with van der Waals surface area (Å²) in [6, 6.07) is 1.70. The number of nitrogens with zero attached hydrogens (tertiary/aromatic N) is 2. The summed E-state index contributed by atoms with van der Waals surface area (Å²) in [6.07, 6.45) is 4.22. The van der Waals surface area contributed by atoms with Gasteiger partial charge in [0.2, 0.25) is 0 Å². The zero-order valence-corrected chi connectivity index (χ0v) is 7.07. The zero-order chi connectivity index (χ0) is 9.84. The molecule has 68 valence electrons. The van der Waals surface area contributed by atoms with E-state index in [-0.39, 0.29) is 5.70 Å². The highest BCUT2D eigenvalue weighted by atomic mass is 19.1. The maximum absolute atomic E-state index is 12.9. The molecule has 0 radical (unpaired) electrons. The lowest BCUT2D eigenvalue weighted by Crippen LogP contribution is -2.07. The summed E-state index contributed by atoms with van der Waals surface area (Å²) < 4.78 is 14.3. The van der Waals surface area contributed by atoms with E-state index in [0.717, 1.165) is 6.08 Å². The number of allylic oxidation sites excluding steroid dienone is 3. The van der Waals surface area contributed by atoms with Gasteiger partial charge in [0.1, 0.15) is 5.83 Å². The van der Waals surface area contributed by atoms with Gasteiger partial charge in [-0.1, -0.05) is 13.2 Å². The summed E-state index contributed by atoms with van der Waals surface area (Å²) in [6.45, 7) is 6.86. The molecule has 1 rings (SSSR count). The molecule has 0 saturated heterocycles. The van der Waals surface area contributed by atoms with Crippen molar-refractivity contribution in [3.8, 4) is 0 Å². The van der Waals surface area contributed by atoms with E-state index in [0.29, 0.717) is 5.70 Å². The lowest BCUT2D eigenvalue weighted by molar-refractivity contribution is 0.655. The molecule has 0 bridgehead atoms. The van der Waals surface area contributed by atoms with Gasteiger partial charge in [-0.3, -0.25) is 0 Å². The summed E-state index contributed by atoms with van der Waals surface area (Å²) in [4.78, 5) is 0. The average Bonchev–Trinajstić information content (AvgIpc) is 2.67. The van der Waals surface area contributed by atoms with Gasteiger partial charge in [0.15, 0.2) is 0 Å². The monoisotopic (exact) mass is 179 g/mol. The third-order valence-electron chi connectivity index (χ3n) is 1.53. The Bertz CT molecular complexity index is 349. The quantitative estimate of drug-likeness (QED) is 0.717. The first-order chi connectivity index (χ1) is 6.16. The van der Waals surface area contributed by atoms with E-state index in [1.807, 2.05) is 0 Å². The molecule has 0 atom stereocenters. The van der Waals surface area contributed by atoms with Gasteiger partial charge in [0.25, 0.3) is 0 Å². The molecule has 0 saturated carbocycles. The van der Waals surface area contributed by atoms with E-state index < -0.39 is 5.83 Å². The van der Waals surface area contributed by atoms with Crippen molar-refractivity contribution in [2.75, 3.05) is 0 Å². The van der Waals surface area contributed by atoms with E-state index in [2.05, 4.69) is 18.3 Å². The lowest BCUT2D eigenvalue weighted by Gasteiger charge is -2.05. The van der Waals surface area contributed by atoms with Crippen LogP contribution in [0.3, 0.4) is 0 Å². The van der Waals surface area contributed by atoms with Crippen molar-refractivity contribution in [2.45, 2.75) is 0 Å². The summed E-state index contributed by atoms with van der Waals surface area (Å²) in [7, 11) is 0. The van der Waals surface area contributed by atoms with Gasteiger partial charge in [-0.2, -0.15) is 5.10 Å². The Labute approximate surface area is 75.7 Å². The molecule has 0 fully saturated rings. The van der Waals surface area contributed by atoms with Crippen molar-refractivity contribution >= 4 is 5.70 Å². The summed E-state index contributed by atoms with van der Waals surface area (Å²) in [5, 5.41) is 3.86. The fraction of sp³-hybridized carbons (Fsp3) is 0. The Kier molecular flexibility index (Phi) is 2.64. The Balaban J connectivity index is 2.99. The largest absolute Gasteiger partial charge is 0.395 e. The Morgan fingerprint density at radius 1 is 1.62 bits per heavy atom. The van der Waals surface area contributed by atoms with Crippen LogP contribution >= 0.6 is 0 Å². The number of rotatable bonds is 3. The number of nitrogens with two attached hydrogens (primary N) is 1. The molecule has 0 amide bonds. The van der Waals surface area contributed by atoms with E-state index in [4.69, 9.17) is 5.73 Å². The maximum Gasteiger partial charge on any atom is 0.147 e. The van der Waals surface area contributed by atoms with Gasteiger partial charge in [-0.25, -0.2) is 9.07 Å². The van der Waals surface area contributed by atoms with Crippen molar-refractivity contribution in [1.29, 1.82) is 0 Å². The third kappa shape index (κ3) is 1.84. The van der Waals surface area contributed by atoms with Gasteiger partial charge in [0.05, 0.1) is 11.4 Å². The van der Waals surface area contributed by atoms with Crippen LogP contribution in [0, 0.1) is 0 Å². The second-order valence-corrected chi connectivity index (χ2v) is 2.36. The molecule has 0 unspecified atom stereocenters. The minimum Gasteiger partial charge on any atom is -0.395 e. The standard InChI is InChI=1S/C9H10FN3/c1-3-8(10)9(11)7(2)13-6-4-5-12-13/h3-6H,1-2,11H2/b9-8-. The molecule has 2 N–H and O–H groups in total. The molecule has 1 aromatic heterocycles.